The van der Waals surface area contributed by atoms with Crippen LogP contribution in [0.5, 0.6) is 17.2 Å². The average molecular weight is 543 g/mol. The second-order valence-corrected chi connectivity index (χ2v) is 10.1. The third kappa shape index (κ3) is 6.19. The highest BCUT2D eigenvalue weighted by atomic mass is 16.5. The van der Waals surface area contributed by atoms with E-state index in [1.54, 1.807) is 29.2 Å². The maximum absolute atomic E-state index is 13.5. The number of ether oxygens (including phenoxy) is 3. The Kier molecular flexibility index (Phi) is 8.48. The van der Waals surface area contributed by atoms with Crippen molar-refractivity contribution in [1.29, 1.82) is 0 Å². The van der Waals surface area contributed by atoms with Crippen LogP contribution >= 0.6 is 0 Å². The molecule has 0 aromatic heterocycles. The summed E-state index contributed by atoms with van der Waals surface area (Å²) in [7, 11) is 0. The van der Waals surface area contributed by atoms with Gasteiger partial charge in [0.1, 0.15) is 23.0 Å². The number of morpholine rings is 1. The van der Waals surface area contributed by atoms with Gasteiger partial charge in [-0.2, -0.15) is 0 Å². The van der Waals surface area contributed by atoms with Gasteiger partial charge in [0.25, 0.3) is 11.7 Å². The summed E-state index contributed by atoms with van der Waals surface area (Å²) >= 11 is 0. The van der Waals surface area contributed by atoms with Crippen LogP contribution in [0.3, 0.4) is 0 Å². The van der Waals surface area contributed by atoms with E-state index in [0.29, 0.717) is 54.7 Å². The lowest BCUT2D eigenvalue weighted by atomic mass is 9.95. The number of ketones is 1. The first-order valence-corrected chi connectivity index (χ1v) is 13.6. The Morgan fingerprint density at radius 1 is 0.900 bits per heavy atom. The van der Waals surface area contributed by atoms with E-state index in [9.17, 15) is 14.7 Å². The molecule has 2 aliphatic heterocycles. The Morgan fingerprint density at radius 2 is 1.60 bits per heavy atom. The number of rotatable bonds is 9. The minimum absolute atomic E-state index is 0.00150. The highest BCUT2D eigenvalue weighted by molar-refractivity contribution is 6.46. The van der Waals surface area contributed by atoms with Crippen LogP contribution in [0, 0.1) is 0 Å². The van der Waals surface area contributed by atoms with E-state index in [1.165, 1.54) is 0 Å². The van der Waals surface area contributed by atoms with Gasteiger partial charge in [0.15, 0.2) is 0 Å². The van der Waals surface area contributed by atoms with Gasteiger partial charge < -0.3 is 24.2 Å². The minimum Gasteiger partial charge on any atom is -0.507 e. The number of carbonyl (C=O) groups is 2. The number of hydrogen-bond acceptors (Lipinski definition) is 7. The quantitative estimate of drug-likeness (QED) is 0.231. The Bertz CT molecular complexity index is 1360. The molecule has 5 rings (SSSR count). The van der Waals surface area contributed by atoms with Crippen LogP contribution < -0.4 is 9.47 Å². The molecule has 2 fully saturated rings. The molecule has 0 spiro atoms. The van der Waals surface area contributed by atoms with E-state index in [4.69, 9.17) is 14.2 Å². The molecule has 8 heteroatoms. The summed E-state index contributed by atoms with van der Waals surface area (Å²) in [5, 5.41) is 11.4. The molecule has 1 N–H and O–H groups in total. The molecule has 2 aliphatic rings. The van der Waals surface area contributed by atoms with Gasteiger partial charge >= 0.3 is 0 Å². The fourth-order valence-corrected chi connectivity index (χ4v) is 5.02. The molecule has 3 aromatic rings. The molecule has 2 saturated heterocycles. The predicted octanol–water partition coefficient (Wildman–Crippen LogP) is 5.02. The first-order chi connectivity index (χ1) is 19.4. The van der Waals surface area contributed by atoms with Crippen molar-refractivity contribution in [2.24, 2.45) is 0 Å². The van der Waals surface area contributed by atoms with Gasteiger partial charge in [0, 0.05) is 31.7 Å². The van der Waals surface area contributed by atoms with Gasteiger partial charge in [0.2, 0.25) is 0 Å². The Morgan fingerprint density at radius 3 is 2.30 bits per heavy atom. The van der Waals surface area contributed by atoms with Crippen LogP contribution in [0.15, 0.2) is 84.4 Å². The number of hydrogen-bond donors (Lipinski definition) is 1. The van der Waals surface area contributed by atoms with Crippen LogP contribution in [0.4, 0.5) is 0 Å². The van der Waals surface area contributed by atoms with E-state index in [1.807, 2.05) is 68.4 Å². The number of aliphatic hydroxyl groups is 1. The highest BCUT2D eigenvalue weighted by Gasteiger charge is 2.46. The van der Waals surface area contributed by atoms with Crippen molar-refractivity contribution in [3.63, 3.8) is 0 Å². The van der Waals surface area contributed by atoms with Crippen LogP contribution in [0.2, 0.25) is 0 Å². The number of Topliss-reactive ketones (excluding diaryl/α,β-unsaturated/α-hetero) is 1. The van der Waals surface area contributed by atoms with Crippen molar-refractivity contribution >= 4 is 17.4 Å². The molecule has 40 heavy (non-hydrogen) atoms. The van der Waals surface area contributed by atoms with Crippen LogP contribution in [-0.2, 0) is 14.3 Å². The zero-order chi connectivity index (χ0) is 28.1. The van der Waals surface area contributed by atoms with Gasteiger partial charge in [-0.25, -0.2) is 0 Å². The summed E-state index contributed by atoms with van der Waals surface area (Å²) in [6.45, 7) is 7.59. The zero-order valence-electron chi connectivity index (χ0n) is 22.8. The minimum atomic E-state index is -0.771. The SMILES string of the molecule is CC(C)Oc1ccc(/C(O)=C2\C(=O)C(=O)N(CCN3CCOCC3)C2c2cccc(Oc3ccccc3)c2)cc1. The molecule has 0 saturated carbocycles. The van der Waals surface area contributed by atoms with Gasteiger partial charge in [-0.3, -0.25) is 14.5 Å². The molecule has 1 atom stereocenters. The molecule has 8 nitrogen and oxygen atoms in total. The standard InChI is InChI=1S/C32H34N2O6/c1-22(2)39-26-13-11-23(12-14-26)30(35)28-29(24-7-6-10-27(21-24)40-25-8-4-3-5-9-25)34(32(37)31(28)36)16-15-33-17-19-38-20-18-33/h3-14,21-22,29,35H,15-20H2,1-2H3/b30-28+. The normalized spacial score (nSPS) is 19.3. The predicted molar refractivity (Wildman–Crippen MR) is 151 cm³/mol. The molecule has 3 aromatic carbocycles. The summed E-state index contributed by atoms with van der Waals surface area (Å²) in [6.07, 6.45) is 0.00150. The number of aliphatic hydroxyl groups excluding tert-OH is 1. The summed E-state index contributed by atoms with van der Waals surface area (Å²) < 4.78 is 17.2. The van der Waals surface area contributed by atoms with Gasteiger partial charge in [-0.1, -0.05) is 30.3 Å². The summed E-state index contributed by atoms with van der Waals surface area (Å²) in [6, 6.07) is 22.8. The fourth-order valence-electron chi connectivity index (χ4n) is 5.02. The maximum Gasteiger partial charge on any atom is 0.295 e. The Labute approximate surface area is 234 Å². The molecule has 2 heterocycles. The van der Waals surface area contributed by atoms with Crippen LogP contribution in [0.25, 0.3) is 5.76 Å². The van der Waals surface area contributed by atoms with E-state index >= 15 is 0 Å². The number of nitrogens with zero attached hydrogens (tertiary/aromatic N) is 2. The smallest absolute Gasteiger partial charge is 0.295 e. The molecule has 1 amide bonds. The maximum atomic E-state index is 13.5. The third-order valence-electron chi connectivity index (χ3n) is 6.95. The molecular weight excluding hydrogens is 508 g/mol. The first kappa shape index (κ1) is 27.4. The topological polar surface area (TPSA) is 88.5 Å². The monoisotopic (exact) mass is 542 g/mol. The first-order valence-electron chi connectivity index (χ1n) is 13.6. The fraction of sp³-hybridized carbons (Fsp3) is 0.312. The van der Waals surface area contributed by atoms with Crippen LogP contribution in [-0.4, -0.2) is 72.1 Å². The van der Waals surface area contributed by atoms with Crippen molar-refractivity contribution in [2.75, 3.05) is 39.4 Å². The Hall–Kier alpha value is -4.14. The second kappa shape index (κ2) is 12.4. The highest BCUT2D eigenvalue weighted by Crippen LogP contribution is 2.40. The average Bonchev–Trinajstić information content (AvgIpc) is 3.22. The van der Waals surface area contributed by atoms with Crippen molar-refractivity contribution in [2.45, 2.75) is 26.0 Å². The number of likely N-dealkylation sites (tertiary alicyclic amines) is 1. The second-order valence-electron chi connectivity index (χ2n) is 10.1. The zero-order valence-corrected chi connectivity index (χ0v) is 22.8. The van der Waals surface area contributed by atoms with Crippen molar-refractivity contribution < 1.29 is 28.9 Å². The largest absolute Gasteiger partial charge is 0.507 e. The van der Waals surface area contributed by atoms with Gasteiger partial charge in [-0.15, -0.1) is 0 Å². The summed E-state index contributed by atoms with van der Waals surface area (Å²) in [5.74, 6) is 0.334. The van der Waals surface area contributed by atoms with E-state index in [0.717, 1.165) is 13.1 Å². The third-order valence-corrected chi connectivity index (χ3v) is 6.95. The molecule has 1 unspecified atom stereocenters. The van der Waals surface area contributed by atoms with Crippen molar-refractivity contribution in [1.82, 2.24) is 9.80 Å². The molecular formula is C32H34N2O6. The lowest BCUT2D eigenvalue weighted by Crippen LogP contribution is -2.42. The number of amides is 1. The number of benzene rings is 3. The summed E-state index contributed by atoms with van der Waals surface area (Å²) in [4.78, 5) is 30.6. The van der Waals surface area contributed by atoms with E-state index in [-0.39, 0.29) is 17.4 Å². The van der Waals surface area contributed by atoms with Gasteiger partial charge in [0.05, 0.1) is 30.9 Å². The lowest BCUT2D eigenvalue weighted by molar-refractivity contribution is -0.140. The number of carbonyl (C=O) groups excluding carboxylic acids is 2. The van der Waals surface area contributed by atoms with E-state index < -0.39 is 17.7 Å². The number of para-hydroxylation sites is 1. The molecule has 0 radical (unpaired) electrons. The van der Waals surface area contributed by atoms with Crippen molar-refractivity contribution in [3.8, 4) is 17.2 Å². The van der Waals surface area contributed by atoms with Crippen molar-refractivity contribution in [3.05, 3.63) is 95.6 Å². The molecule has 0 aliphatic carbocycles. The van der Waals surface area contributed by atoms with E-state index in [2.05, 4.69) is 4.90 Å². The summed E-state index contributed by atoms with van der Waals surface area (Å²) in [5.41, 5.74) is 1.17. The molecule has 208 valence electrons. The lowest BCUT2D eigenvalue weighted by Gasteiger charge is -2.31. The molecule has 0 bridgehead atoms. The van der Waals surface area contributed by atoms with Gasteiger partial charge in [-0.05, 0) is 67.9 Å². The Balaban J connectivity index is 1.51. The van der Waals surface area contributed by atoms with Crippen LogP contribution in [0.1, 0.15) is 31.0 Å².